The first-order valence-electron chi connectivity index (χ1n) is 8.70. The fraction of sp³-hybridized carbons (Fsp3) is 0.381. The third-order valence-electron chi connectivity index (χ3n) is 5.67. The molecule has 0 radical (unpaired) electrons. The van der Waals surface area contributed by atoms with E-state index < -0.39 is 11.7 Å². The van der Waals surface area contributed by atoms with Crippen LogP contribution in [0.2, 0.25) is 0 Å². The van der Waals surface area contributed by atoms with Crippen LogP contribution in [0.5, 0.6) is 11.5 Å². The summed E-state index contributed by atoms with van der Waals surface area (Å²) < 4.78 is 22.4. The zero-order valence-electron chi connectivity index (χ0n) is 15.0. The lowest BCUT2D eigenvalue weighted by Crippen LogP contribution is -2.51. The maximum Gasteiger partial charge on any atom is 0.316 e. The number of ether oxygens (including phenoxy) is 4. The number of fused-ring (bicyclic) bond motifs is 4. The molecule has 3 heterocycles. The van der Waals surface area contributed by atoms with Crippen molar-refractivity contribution in [1.29, 1.82) is 0 Å². The molecule has 4 unspecified atom stereocenters. The van der Waals surface area contributed by atoms with E-state index in [0.717, 1.165) is 16.7 Å². The van der Waals surface area contributed by atoms with Gasteiger partial charge in [0.25, 0.3) is 0 Å². The zero-order chi connectivity index (χ0) is 18.5. The van der Waals surface area contributed by atoms with E-state index in [4.69, 9.17) is 18.9 Å². The van der Waals surface area contributed by atoms with Gasteiger partial charge in [-0.15, -0.1) is 6.58 Å². The molecular formula is C21H22O5. The molecule has 0 spiro atoms. The standard InChI is InChI=1S/C21H22O5/c1-5-6-15-10-21(23-4)13(3)19(18(12(15)2)20(22)26-21)14-7-8-16-17(9-14)25-11-24-16/h5,7-10,13,18-19H,1-2,6,11H2,3-4H3. The average Bonchev–Trinajstić information content (AvgIpc) is 3.04. The summed E-state index contributed by atoms with van der Waals surface area (Å²) >= 11 is 0. The molecule has 5 heteroatoms. The molecule has 1 fully saturated rings. The van der Waals surface area contributed by atoms with Crippen LogP contribution in [0.1, 0.15) is 24.8 Å². The van der Waals surface area contributed by atoms with Crippen LogP contribution in [0, 0.1) is 11.8 Å². The minimum atomic E-state index is -1.12. The van der Waals surface area contributed by atoms with Crippen LogP contribution >= 0.6 is 0 Å². The number of hydrogen-bond acceptors (Lipinski definition) is 5. The highest BCUT2D eigenvalue weighted by atomic mass is 16.7. The van der Waals surface area contributed by atoms with E-state index in [1.807, 2.05) is 31.2 Å². The van der Waals surface area contributed by atoms with Crippen molar-refractivity contribution >= 4 is 5.97 Å². The average molecular weight is 354 g/mol. The van der Waals surface area contributed by atoms with E-state index in [2.05, 4.69) is 13.2 Å². The Morgan fingerprint density at radius 1 is 1.35 bits per heavy atom. The molecule has 4 aliphatic rings. The topological polar surface area (TPSA) is 54.0 Å². The van der Waals surface area contributed by atoms with Crippen molar-refractivity contribution in [3.8, 4) is 11.5 Å². The number of methoxy groups -OCH3 is 1. The molecule has 5 rings (SSSR count). The van der Waals surface area contributed by atoms with Crippen molar-refractivity contribution in [2.24, 2.45) is 11.8 Å². The highest BCUT2D eigenvalue weighted by Gasteiger charge is 2.56. The Bertz CT molecular complexity index is 824. The molecule has 0 amide bonds. The Kier molecular flexibility index (Phi) is 3.92. The third-order valence-corrected chi connectivity index (χ3v) is 5.67. The summed E-state index contributed by atoms with van der Waals surface area (Å²) in [7, 11) is 1.57. The predicted molar refractivity (Wildman–Crippen MR) is 95.8 cm³/mol. The number of carbonyl (C=O) groups is 1. The van der Waals surface area contributed by atoms with E-state index >= 15 is 0 Å². The number of allylic oxidation sites excluding steroid dienone is 2. The number of hydrogen-bond donors (Lipinski definition) is 0. The molecule has 1 aromatic carbocycles. The van der Waals surface area contributed by atoms with Gasteiger partial charge in [0.2, 0.25) is 12.6 Å². The molecule has 1 saturated heterocycles. The zero-order valence-corrected chi connectivity index (χ0v) is 15.0. The molecule has 26 heavy (non-hydrogen) atoms. The Labute approximate surface area is 152 Å². The number of benzene rings is 1. The van der Waals surface area contributed by atoms with Gasteiger partial charge in [0, 0.05) is 18.9 Å². The van der Waals surface area contributed by atoms with Gasteiger partial charge in [0.15, 0.2) is 11.5 Å². The molecule has 0 aromatic heterocycles. The Morgan fingerprint density at radius 3 is 2.85 bits per heavy atom. The molecule has 3 aliphatic heterocycles. The smallest absolute Gasteiger partial charge is 0.316 e. The van der Waals surface area contributed by atoms with Gasteiger partial charge in [-0.1, -0.05) is 25.6 Å². The van der Waals surface area contributed by atoms with Crippen LogP contribution < -0.4 is 9.47 Å². The number of carbonyl (C=O) groups excluding carboxylic acids is 1. The molecule has 4 atom stereocenters. The lowest BCUT2D eigenvalue weighted by atomic mass is 9.71. The quantitative estimate of drug-likeness (QED) is 0.609. The van der Waals surface area contributed by atoms with Crippen LogP contribution in [-0.4, -0.2) is 25.7 Å². The van der Waals surface area contributed by atoms with Crippen LogP contribution in [0.15, 0.2) is 54.7 Å². The highest BCUT2D eigenvalue weighted by molar-refractivity contribution is 5.81. The van der Waals surface area contributed by atoms with Crippen molar-refractivity contribution in [1.82, 2.24) is 0 Å². The Morgan fingerprint density at radius 2 is 2.12 bits per heavy atom. The summed E-state index contributed by atoms with van der Waals surface area (Å²) in [5, 5.41) is 0. The SMILES string of the molecule is C=CCC1=CC2(OC)OC(=O)C(C1=C)C(c1ccc3c(c1)OCO3)C2C. The van der Waals surface area contributed by atoms with E-state index in [9.17, 15) is 4.79 Å². The first kappa shape index (κ1) is 16.9. The summed E-state index contributed by atoms with van der Waals surface area (Å²) in [6, 6.07) is 5.81. The lowest BCUT2D eigenvalue weighted by Gasteiger charge is -2.44. The molecule has 0 N–H and O–H groups in total. The molecule has 2 bridgehead atoms. The summed E-state index contributed by atoms with van der Waals surface area (Å²) in [5.41, 5.74) is 2.69. The normalized spacial score (nSPS) is 32.1. The summed E-state index contributed by atoms with van der Waals surface area (Å²) in [5.74, 6) is -0.735. The largest absolute Gasteiger partial charge is 0.454 e. The van der Waals surface area contributed by atoms with Crippen molar-refractivity contribution in [2.45, 2.75) is 25.0 Å². The number of esters is 1. The van der Waals surface area contributed by atoms with E-state index in [1.54, 1.807) is 13.2 Å². The molecule has 1 aliphatic carbocycles. The lowest BCUT2D eigenvalue weighted by molar-refractivity contribution is -0.239. The molecular weight excluding hydrogens is 332 g/mol. The molecule has 5 nitrogen and oxygen atoms in total. The van der Waals surface area contributed by atoms with Gasteiger partial charge in [-0.25, -0.2) is 0 Å². The maximum absolute atomic E-state index is 12.9. The van der Waals surface area contributed by atoms with Gasteiger partial charge in [-0.2, -0.15) is 0 Å². The minimum Gasteiger partial charge on any atom is -0.454 e. The molecule has 136 valence electrons. The van der Waals surface area contributed by atoms with Gasteiger partial charge < -0.3 is 18.9 Å². The predicted octanol–water partition coefficient (Wildman–Crippen LogP) is 3.72. The van der Waals surface area contributed by atoms with E-state index in [0.29, 0.717) is 17.9 Å². The van der Waals surface area contributed by atoms with Gasteiger partial charge >= 0.3 is 5.97 Å². The van der Waals surface area contributed by atoms with Crippen LogP contribution in [0.4, 0.5) is 0 Å². The van der Waals surface area contributed by atoms with Gasteiger partial charge in [0.05, 0.1) is 5.92 Å². The van der Waals surface area contributed by atoms with Gasteiger partial charge in [-0.05, 0) is 41.3 Å². The minimum absolute atomic E-state index is 0.102. The van der Waals surface area contributed by atoms with E-state index in [1.165, 1.54) is 0 Å². The Balaban J connectivity index is 1.85. The third kappa shape index (κ3) is 2.31. The van der Waals surface area contributed by atoms with Crippen molar-refractivity contribution in [3.05, 3.63) is 60.2 Å². The molecule has 1 aromatic rings. The van der Waals surface area contributed by atoms with Crippen LogP contribution in [-0.2, 0) is 14.3 Å². The van der Waals surface area contributed by atoms with E-state index in [-0.39, 0.29) is 24.6 Å². The van der Waals surface area contributed by atoms with Crippen molar-refractivity contribution in [2.75, 3.05) is 13.9 Å². The monoisotopic (exact) mass is 354 g/mol. The fourth-order valence-corrected chi connectivity index (χ4v) is 4.29. The van der Waals surface area contributed by atoms with Crippen LogP contribution in [0.25, 0.3) is 0 Å². The summed E-state index contributed by atoms with van der Waals surface area (Å²) in [4.78, 5) is 12.9. The molecule has 0 saturated carbocycles. The van der Waals surface area contributed by atoms with Crippen molar-refractivity contribution in [3.63, 3.8) is 0 Å². The second-order valence-electron chi connectivity index (χ2n) is 6.94. The fourth-order valence-electron chi connectivity index (χ4n) is 4.29. The Hall–Kier alpha value is -2.53. The van der Waals surface area contributed by atoms with Gasteiger partial charge in [-0.3, -0.25) is 4.79 Å². The maximum atomic E-state index is 12.9. The second kappa shape index (κ2) is 6.02. The van der Waals surface area contributed by atoms with Gasteiger partial charge in [0.1, 0.15) is 0 Å². The van der Waals surface area contributed by atoms with Crippen LogP contribution in [0.3, 0.4) is 0 Å². The second-order valence-corrected chi connectivity index (χ2v) is 6.94. The first-order chi connectivity index (χ1) is 12.5. The highest BCUT2D eigenvalue weighted by Crippen LogP contribution is 2.54. The summed E-state index contributed by atoms with van der Waals surface area (Å²) in [6.07, 6.45) is 4.31. The van der Waals surface area contributed by atoms with Crippen molar-refractivity contribution < 1.29 is 23.7 Å². The summed E-state index contributed by atoms with van der Waals surface area (Å²) in [6.45, 7) is 10.3. The first-order valence-corrected chi connectivity index (χ1v) is 8.70. The number of rotatable bonds is 4.